The Hall–Kier alpha value is -5.13. The minimum Gasteiger partial charge on any atom is -0.508 e. The monoisotopic (exact) mass is 760 g/mol. The highest BCUT2D eigenvalue weighted by atomic mass is 32.2. The van der Waals surface area contributed by atoms with E-state index in [9.17, 15) is 10.2 Å². The average Bonchev–Trinajstić information content (AvgIpc) is 3.51. The molecule has 1 heterocycles. The van der Waals surface area contributed by atoms with Crippen molar-refractivity contribution in [2.24, 2.45) is 10.8 Å². The molecule has 56 heavy (non-hydrogen) atoms. The number of phenols is 2. The van der Waals surface area contributed by atoms with Gasteiger partial charge in [-0.1, -0.05) is 126 Å². The molecule has 0 fully saturated rings. The van der Waals surface area contributed by atoms with Crippen molar-refractivity contribution in [1.82, 2.24) is 0 Å². The lowest BCUT2D eigenvalue weighted by molar-refractivity contribution is 0.152. The summed E-state index contributed by atoms with van der Waals surface area (Å²) >= 11 is 1.67. The van der Waals surface area contributed by atoms with Gasteiger partial charge in [-0.2, -0.15) is 0 Å². The van der Waals surface area contributed by atoms with Crippen LogP contribution in [0.15, 0.2) is 131 Å². The summed E-state index contributed by atoms with van der Waals surface area (Å²) < 4.78 is 13.6. The molecule has 0 radical (unpaired) electrons. The number of phenolic OH excluding ortho intramolecular Hbond substituents is 2. The van der Waals surface area contributed by atoms with Crippen molar-refractivity contribution >= 4 is 11.8 Å². The smallest absolute Gasteiger partial charge is 0.128 e. The summed E-state index contributed by atoms with van der Waals surface area (Å²) in [5.74, 6) is 2.09. The van der Waals surface area contributed by atoms with Crippen LogP contribution in [0.25, 0.3) is 33.4 Å². The van der Waals surface area contributed by atoms with Crippen molar-refractivity contribution in [2.45, 2.75) is 82.4 Å². The van der Waals surface area contributed by atoms with Crippen LogP contribution in [0, 0.1) is 10.8 Å². The maximum Gasteiger partial charge on any atom is 0.128 e. The number of benzene rings is 6. The third-order valence-corrected chi connectivity index (χ3v) is 14.2. The van der Waals surface area contributed by atoms with E-state index in [2.05, 4.69) is 114 Å². The molecular weight excluding hydrogens is 709 g/mol. The van der Waals surface area contributed by atoms with Gasteiger partial charge < -0.3 is 19.7 Å². The SMILES string of the molecule is CCC(C)(CC)COc1ccc2c(c1)C1(c3cc(-c4ccccc4)c(O)cc3Sc3cc(OCC(C)(CC)CC)c(-c4ccccc4)cc31)c1cc(O)ccc1-2. The normalized spacial score (nSPS) is 15.5. The van der Waals surface area contributed by atoms with Gasteiger partial charge in [0.1, 0.15) is 23.0 Å². The Balaban J connectivity index is 1.45. The van der Waals surface area contributed by atoms with E-state index < -0.39 is 5.41 Å². The third-order valence-electron chi connectivity index (χ3n) is 13.0. The van der Waals surface area contributed by atoms with E-state index in [4.69, 9.17) is 9.47 Å². The molecule has 2 aliphatic rings. The number of hydrogen-bond donors (Lipinski definition) is 2. The topological polar surface area (TPSA) is 58.9 Å². The minimum absolute atomic E-state index is 0.0351. The van der Waals surface area contributed by atoms with Crippen molar-refractivity contribution in [2.75, 3.05) is 13.2 Å². The van der Waals surface area contributed by atoms with E-state index in [1.165, 1.54) is 0 Å². The largest absolute Gasteiger partial charge is 0.508 e. The van der Waals surface area contributed by atoms with Gasteiger partial charge in [0.05, 0.1) is 18.6 Å². The molecule has 5 heteroatoms. The van der Waals surface area contributed by atoms with Gasteiger partial charge in [0.15, 0.2) is 0 Å². The van der Waals surface area contributed by atoms with Crippen molar-refractivity contribution < 1.29 is 19.7 Å². The van der Waals surface area contributed by atoms with Crippen LogP contribution in [-0.4, -0.2) is 23.4 Å². The Morgan fingerprint density at radius 3 is 1.64 bits per heavy atom. The molecule has 1 aliphatic carbocycles. The van der Waals surface area contributed by atoms with E-state index in [0.29, 0.717) is 13.2 Å². The first-order valence-corrected chi connectivity index (χ1v) is 21.0. The van der Waals surface area contributed by atoms with Crippen LogP contribution in [0.4, 0.5) is 0 Å². The second-order valence-corrected chi connectivity index (χ2v) is 17.4. The van der Waals surface area contributed by atoms with Crippen LogP contribution in [-0.2, 0) is 5.41 Å². The standard InChI is InChI=1S/C51H52O4S/c1-7-49(5,8-2)31-54-36-22-24-38-37-23-21-35(52)25-41(37)51(42(38)26-36)43-27-39(33-17-13-11-14-18-33)45(53)29-47(43)56-48-30-46(55-32-50(6,9-3)10-4)40(28-44(48)51)34-19-15-12-16-20-34/h11-30,52-53H,7-10,31-32H2,1-6H3. The van der Waals surface area contributed by atoms with Gasteiger partial charge in [-0.05, 0) is 119 Å². The van der Waals surface area contributed by atoms with Crippen LogP contribution in [0.5, 0.6) is 23.0 Å². The highest BCUT2D eigenvalue weighted by Crippen LogP contribution is 2.65. The molecule has 1 unspecified atom stereocenters. The number of fused-ring (bicyclic) bond motifs is 9. The molecule has 0 saturated carbocycles. The Kier molecular flexibility index (Phi) is 9.95. The molecule has 1 aliphatic heterocycles. The summed E-state index contributed by atoms with van der Waals surface area (Å²) in [6, 6.07) is 41.6. The lowest BCUT2D eigenvalue weighted by Gasteiger charge is -2.41. The predicted molar refractivity (Wildman–Crippen MR) is 230 cm³/mol. The fourth-order valence-corrected chi connectivity index (χ4v) is 9.56. The van der Waals surface area contributed by atoms with Crippen molar-refractivity contribution in [3.8, 4) is 56.4 Å². The van der Waals surface area contributed by atoms with Gasteiger partial charge in [0.2, 0.25) is 0 Å². The maximum absolute atomic E-state index is 11.7. The zero-order valence-electron chi connectivity index (χ0n) is 33.4. The zero-order valence-corrected chi connectivity index (χ0v) is 34.2. The second kappa shape index (κ2) is 14.7. The summed E-state index contributed by atoms with van der Waals surface area (Å²) in [6.07, 6.45) is 4.07. The molecule has 0 bridgehead atoms. The summed E-state index contributed by atoms with van der Waals surface area (Å²) in [6.45, 7) is 14.7. The van der Waals surface area contributed by atoms with E-state index in [0.717, 1.165) is 103 Å². The summed E-state index contributed by atoms with van der Waals surface area (Å²) in [4.78, 5) is 2.00. The van der Waals surface area contributed by atoms with Crippen LogP contribution < -0.4 is 9.47 Å². The van der Waals surface area contributed by atoms with Gasteiger partial charge in [-0.15, -0.1) is 0 Å². The lowest BCUT2D eigenvalue weighted by atomic mass is 9.66. The fourth-order valence-electron chi connectivity index (χ4n) is 8.34. The number of hydrogen-bond acceptors (Lipinski definition) is 5. The Morgan fingerprint density at radius 1 is 0.518 bits per heavy atom. The first-order chi connectivity index (χ1) is 27.1. The molecule has 6 aromatic rings. The van der Waals surface area contributed by atoms with E-state index in [-0.39, 0.29) is 22.3 Å². The summed E-state index contributed by atoms with van der Waals surface area (Å²) in [5, 5.41) is 23.1. The zero-order chi connectivity index (χ0) is 39.2. The van der Waals surface area contributed by atoms with E-state index in [1.807, 2.05) is 42.5 Å². The van der Waals surface area contributed by atoms with E-state index >= 15 is 0 Å². The molecule has 0 amide bonds. The molecule has 1 spiro atoms. The highest BCUT2D eigenvalue weighted by Gasteiger charge is 2.51. The maximum atomic E-state index is 11.7. The van der Waals surface area contributed by atoms with Crippen LogP contribution in [0.3, 0.4) is 0 Å². The quantitative estimate of drug-likeness (QED) is 0.130. The number of aromatic hydroxyl groups is 2. The highest BCUT2D eigenvalue weighted by molar-refractivity contribution is 7.99. The van der Waals surface area contributed by atoms with Crippen LogP contribution >= 0.6 is 11.8 Å². The van der Waals surface area contributed by atoms with Crippen LogP contribution in [0.1, 0.15) is 89.5 Å². The molecule has 286 valence electrons. The molecule has 1 atom stereocenters. The van der Waals surface area contributed by atoms with Gasteiger partial charge in [-0.3, -0.25) is 0 Å². The van der Waals surface area contributed by atoms with Gasteiger partial charge in [0.25, 0.3) is 0 Å². The Bertz CT molecular complexity index is 2390. The van der Waals surface area contributed by atoms with Gasteiger partial charge >= 0.3 is 0 Å². The van der Waals surface area contributed by atoms with Crippen molar-refractivity contribution in [3.05, 3.63) is 144 Å². The van der Waals surface area contributed by atoms with Crippen molar-refractivity contribution in [3.63, 3.8) is 0 Å². The Morgan fingerprint density at radius 2 is 1.04 bits per heavy atom. The van der Waals surface area contributed by atoms with Crippen LogP contribution in [0.2, 0.25) is 0 Å². The molecule has 6 aromatic carbocycles. The number of ether oxygens (including phenoxy) is 2. The molecule has 0 saturated heterocycles. The first kappa shape index (κ1) is 37.8. The first-order valence-electron chi connectivity index (χ1n) is 20.1. The van der Waals surface area contributed by atoms with Gasteiger partial charge in [0, 0.05) is 31.7 Å². The molecule has 2 N–H and O–H groups in total. The minimum atomic E-state index is -0.863. The Labute approximate surface area is 336 Å². The fraction of sp³-hybridized carbons (Fsp3) is 0.294. The molecule has 8 rings (SSSR count). The molecule has 4 nitrogen and oxygen atoms in total. The third kappa shape index (κ3) is 6.34. The predicted octanol–water partition coefficient (Wildman–Crippen LogP) is 13.7. The van der Waals surface area contributed by atoms with Gasteiger partial charge in [-0.25, -0.2) is 0 Å². The number of rotatable bonds is 12. The van der Waals surface area contributed by atoms with Crippen molar-refractivity contribution in [1.29, 1.82) is 0 Å². The summed E-state index contributed by atoms with van der Waals surface area (Å²) in [7, 11) is 0. The lowest BCUT2D eigenvalue weighted by Crippen LogP contribution is -2.32. The average molecular weight is 761 g/mol. The van der Waals surface area contributed by atoms with E-state index in [1.54, 1.807) is 17.8 Å². The second-order valence-electron chi connectivity index (χ2n) is 16.3. The molecule has 0 aromatic heterocycles. The molecular formula is C51H52O4S. The summed E-state index contributed by atoms with van der Waals surface area (Å²) in [5.41, 5.74) is 9.45.